The van der Waals surface area contributed by atoms with E-state index in [4.69, 9.17) is 0 Å². The second-order valence-corrected chi connectivity index (χ2v) is 13.3. The number of rotatable bonds is 4. The molecular weight excluding hydrogens is 619 g/mol. The van der Waals surface area contributed by atoms with Crippen LogP contribution in [-0.2, 0) is 0 Å². The third kappa shape index (κ3) is 3.91. The zero-order valence-corrected chi connectivity index (χ0v) is 27.8. The van der Waals surface area contributed by atoms with Gasteiger partial charge < -0.3 is 0 Å². The van der Waals surface area contributed by atoms with Crippen LogP contribution in [0.3, 0.4) is 0 Å². The molecule has 0 aliphatic carbocycles. The van der Waals surface area contributed by atoms with Crippen LogP contribution in [0.15, 0.2) is 188 Å². The predicted octanol–water partition coefficient (Wildman–Crippen LogP) is 9.66. The summed E-state index contributed by atoms with van der Waals surface area (Å²) in [5.41, 5.74) is 13.3. The van der Waals surface area contributed by atoms with Gasteiger partial charge in [-0.05, 0) is 100.0 Å². The molecular formula is C46H31BN4. The minimum absolute atomic E-state index is 0.0363. The smallest absolute Gasteiger partial charge is 0.258 e. The van der Waals surface area contributed by atoms with Crippen LogP contribution >= 0.6 is 0 Å². The van der Waals surface area contributed by atoms with Gasteiger partial charge in [-0.3, -0.25) is 18.9 Å². The zero-order chi connectivity index (χ0) is 33.5. The van der Waals surface area contributed by atoms with Gasteiger partial charge >= 0.3 is 0 Å². The quantitative estimate of drug-likeness (QED) is 0.177. The summed E-state index contributed by atoms with van der Waals surface area (Å²) >= 11 is 0. The fourth-order valence-corrected chi connectivity index (χ4v) is 8.75. The topological polar surface area (TPSA) is 16.3 Å². The fourth-order valence-electron chi connectivity index (χ4n) is 8.75. The highest BCUT2D eigenvalue weighted by Gasteiger charge is 2.48. The molecule has 0 saturated heterocycles. The second-order valence-electron chi connectivity index (χ2n) is 13.3. The standard InChI is InChI=1S/C46H31BN4/c1-5-18-32(19-6-1)48-38-28-15-13-26-36(38)42-45(48)50(34-22-9-3-10-23-34)40-30-17-31-41-44(40)47(42)43-37-27-14-16-29-39(37)49(33-20-7-2-8-21-33)46(43)51(41)35-24-11-4-12-25-35/h1-31H. The van der Waals surface area contributed by atoms with Gasteiger partial charge in [-0.25, -0.2) is 0 Å². The molecule has 0 unspecified atom stereocenters. The van der Waals surface area contributed by atoms with Crippen molar-refractivity contribution in [3.63, 3.8) is 0 Å². The molecule has 0 atom stereocenters. The Hall–Kier alpha value is -6.72. The number of hydrogen-bond acceptors (Lipinski definition) is 2. The highest BCUT2D eigenvalue weighted by molar-refractivity contribution is 7.03. The third-order valence-electron chi connectivity index (χ3n) is 10.7. The number of fused-ring (bicyclic) bond motifs is 8. The molecule has 4 heterocycles. The maximum absolute atomic E-state index is 2.50. The zero-order valence-electron chi connectivity index (χ0n) is 27.8. The molecule has 4 nitrogen and oxygen atoms in total. The first-order valence-corrected chi connectivity index (χ1v) is 17.6. The van der Waals surface area contributed by atoms with E-state index in [2.05, 4.69) is 207 Å². The summed E-state index contributed by atoms with van der Waals surface area (Å²) in [6.45, 7) is -0.0363. The van der Waals surface area contributed by atoms with E-state index in [0.717, 1.165) is 22.7 Å². The van der Waals surface area contributed by atoms with E-state index in [1.54, 1.807) is 0 Å². The third-order valence-corrected chi connectivity index (χ3v) is 10.7. The van der Waals surface area contributed by atoms with Crippen molar-refractivity contribution >= 4 is 79.3 Å². The van der Waals surface area contributed by atoms with E-state index in [0.29, 0.717) is 0 Å². The molecule has 7 aromatic carbocycles. The summed E-state index contributed by atoms with van der Waals surface area (Å²) in [5, 5.41) is 2.52. The van der Waals surface area contributed by atoms with Crippen molar-refractivity contribution in [3.05, 3.63) is 188 Å². The minimum atomic E-state index is -0.0363. The predicted molar refractivity (Wildman–Crippen MR) is 214 cm³/mol. The van der Waals surface area contributed by atoms with Crippen molar-refractivity contribution in [2.75, 3.05) is 9.80 Å². The van der Waals surface area contributed by atoms with E-state index in [-0.39, 0.29) is 6.71 Å². The molecule has 0 bridgehead atoms. The summed E-state index contributed by atoms with van der Waals surface area (Å²) in [6, 6.07) is 68.2. The Morgan fingerprint density at radius 2 is 0.647 bits per heavy atom. The number of nitrogens with zero attached hydrogens (tertiary/aromatic N) is 4. The van der Waals surface area contributed by atoms with Crippen molar-refractivity contribution in [2.24, 2.45) is 0 Å². The van der Waals surface area contributed by atoms with Crippen LogP contribution in [-0.4, -0.2) is 15.8 Å². The highest BCUT2D eigenvalue weighted by atomic mass is 15.3. The maximum atomic E-state index is 2.50. The van der Waals surface area contributed by atoms with Crippen LogP contribution in [0.1, 0.15) is 0 Å². The lowest BCUT2D eigenvalue weighted by atomic mass is 9.33. The lowest BCUT2D eigenvalue weighted by molar-refractivity contribution is 1.07. The van der Waals surface area contributed by atoms with Crippen molar-refractivity contribution in [1.29, 1.82) is 0 Å². The molecule has 0 radical (unpaired) electrons. The second kappa shape index (κ2) is 10.9. The van der Waals surface area contributed by atoms with Crippen molar-refractivity contribution in [1.82, 2.24) is 9.13 Å². The molecule has 238 valence electrons. The summed E-state index contributed by atoms with van der Waals surface area (Å²) in [5.74, 6) is 2.36. The molecule has 0 N–H and O–H groups in total. The molecule has 51 heavy (non-hydrogen) atoms. The molecule has 0 saturated carbocycles. The van der Waals surface area contributed by atoms with E-state index in [9.17, 15) is 0 Å². The number of benzene rings is 7. The maximum Gasteiger partial charge on any atom is 0.258 e. The summed E-state index contributed by atoms with van der Waals surface area (Å²) in [4.78, 5) is 5.00. The molecule has 2 aromatic heterocycles. The average molecular weight is 651 g/mol. The molecule has 5 heteroatoms. The summed E-state index contributed by atoms with van der Waals surface area (Å²) in [7, 11) is 0. The summed E-state index contributed by atoms with van der Waals surface area (Å²) in [6.07, 6.45) is 0. The molecule has 2 aliphatic heterocycles. The SMILES string of the molecule is c1ccc(N2c3cccc4c3B(c3c2n(-c2ccccc2)c2ccccc32)c2c(n(-c3ccccc3)c3ccccc23)N4c2ccccc2)cc1. The van der Waals surface area contributed by atoms with Gasteiger partial charge in [0.1, 0.15) is 11.6 Å². The molecule has 0 fully saturated rings. The van der Waals surface area contributed by atoms with Gasteiger partial charge in [-0.1, -0.05) is 115 Å². The van der Waals surface area contributed by atoms with E-state index < -0.39 is 0 Å². The van der Waals surface area contributed by atoms with Crippen LogP contribution in [0.2, 0.25) is 0 Å². The minimum Gasteiger partial charge on any atom is -0.297 e. The number of aromatic nitrogens is 2. The van der Waals surface area contributed by atoms with Gasteiger partial charge in [-0.15, -0.1) is 0 Å². The fraction of sp³-hybridized carbons (Fsp3) is 0. The monoisotopic (exact) mass is 650 g/mol. The lowest BCUT2D eigenvalue weighted by Crippen LogP contribution is -2.61. The Labute approximate surface area is 296 Å². The first kappa shape index (κ1) is 28.2. The van der Waals surface area contributed by atoms with Crippen LogP contribution < -0.4 is 26.2 Å². The lowest BCUT2D eigenvalue weighted by Gasteiger charge is -2.43. The Morgan fingerprint density at radius 3 is 1.06 bits per heavy atom. The molecule has 0 spiro atoms. The van der Waals surface area contributed by atoms with Gasteiger partial charge in [0.2, 0.25) is 0 Å². The number of anilines is 6. The Bertz CT molecular complexity index is 2570. The van der Waals surface area contributed by atoms with E-state index >= 15 is 0 Å². The first-order chi connectivity index (χ1) is 25.4. The van der Waals surface area contributed by atoms with Crippen LogP contribution in [0, 0.1) is 0 Å². The molecule has 11 rings (SSSR count). The normalized spacial score (nSPS) is 13.0. The van der Waals surface area contributed by atoms with Gasteiger partial charge in [0, 0.05) is 34.1 Å². The Balaban J connectivity index is 1.36. The molecule has 0 amide bonds. The Morgan fingerprint density at radius 1 is 0.294 bits per heavy atom. The van der Waals surface area contributed by atoms with Gasteiger partial charge in [-0.2, -0.15) is 0 Å². The number of para-hydroxylation sites is 6. The van der Waals surface area contributed by atoms with Gasteiger partial charge in [0.05, 0.1) is 11.0 Å². The number of hydrogen-bond donors (Lipinski definition) is 0. The largest absolute Gasteiger partial charge is 0.297 e. The van der Waals surface area contributed by atoms with Gasteiger partial charge in [0.25, 0.3) is 6.71 Å². The van der Waals surface area contributed by atoms with Crippen LogP contribution in [0.25, 0.3) is 33.2 Å². The molecule has 9 aromatic rings. The Kier molecular flexibility index (Phi) is 6.01. The van der Waals surface area contributed by atoms with Crippen LogP contribution in [0.4, 0.5) is 34.4 Å². The van der Waals surface area contributed by atoms with E-state index in [1.165, 1.54) is 61.2 Å². The first-order valence-electron chi connectivity index (χ1n) is 17.6. The van der Waals surface area contributed by atoms with Gasteiger partial charge in [0.15, 0.2) is 0 Å². The van der Waals surface area contributed by atoms with Crippen molar-refractivity contribution in [2.45, 2.75) is 0 Å². The van der Waals surface area contributed by atoms with Crippen molar-refractivity contribution < 1.29 is 0 Å². The highest BCUT2D eigenvalue weighted by Crippen LogP contribution is 2.48. The molecule has 2 aliphatic rings. The van der Waals surface area contributed by atoms with Crippen molar-refractivity contribution in [3.8, 4) is 11.4 Å². The summed E-state index contributed by atoms with van der Waals surface area (Å²) < 4.78 is 4.96. The van der Waals surface area contributed by atoms with Crippen LogP contribution in [0.5, 0.6) is 0 Å². The van der Waals surface area contributed by atoms with E-state index in [1.807, 2.05) is 0 Å². The average Bonchev–Trinajstić information content (AvgIpc) is 3.73.